The standard InChI is InChI=1S/C7H9BrN2O2/c1-2-12-7(11)6-5(8)3-4-10(6)9/h3-4H,2,9H2,1H3. The monoisotopic (exact) mass is 232 g/mol. The summed E-state index contributed by atoms with van der Waals surface area (Å²) in [7, 11) is 0. The second kappa shape index (κ2) is 3.62. The SMILES string of the molecule is CCOC(=O)c1c(Br)ccn1N. The average molecular weight is 233 g/mol. The molecule has 0 aromatic carbocycles. The van der Waals surface area contributed by atoms with Crippen molar-refractivity contribution in [1.29, 1.82) is 0 Å². The van der Waals surface area contributed by atoms with Crippen LogP contribution in [0.2, 0.25) is 0 Å². The van der Waals surface area contributed by atoms with Gasteiger partial charge in [0.2, 0.25) is 0 Å². The maximum Gasteiger partial charge on any atom is 0.358 e. The summed E-state index contributed by atoms with van der Waals surface area (Å²) in [5.41, 5.74) is 0.330. The Balaban J connectivity index is 2.93. The van der Waals surface area contributed by atoms with E-state index in [2.05, 4.69) is 15.9 Å². The maximum atomic E-state index is 11.2. The van der Waals surface area contributed by atoms with Crippen molar-refractivity contribution in [2.24, 2.45) is 0 Å². The molecule has 5 heteroatoms. The van der Waals surface area contributed by atoms with Gasteiger partial charge < -0.3 is 10.6 Å². The van der Waals surface area contributed by atoms with Gasteiger partial charge in [-0.05, 0) is 28.9 Å². The largest absolute Gasteiger partial charge is 0.461 e. The molecule has 1 aromatic heterocycles. The smallest absolute Gasteiger partial charge is 0.358 e. The number of nitrogen functional groups attached to an aromatic ring is 1. The molecule has 0 bridgehead atoms. The summed E-state index contributed by atoms with van der Waals surface area (Å²) in [6.45, 7) is 2.09. The number of carbonyl (C=O) groups is 1. The number of aromatic nitrogens is 1. The van der Waals surface area contributed by atoms with Crippen LogP contribution in [0.1, 0.15) is 17.4 Å². The molecule has 0 aliphatic rings. The highest BCUT2D eigenvalue weighted by atomic mass is 79.9. The molecule has 0 amide bonds. The molecule has 0 saturated heterocycles. The molecule has 1 rings (SSSR count). The Kier molecular flexibility index (Phi) is 2.75. The molecule has 66 valence electrons. The van der Waals surface area contributed by atoms with Gasteiger partial charge in [0, 0.05) is 6.20 Å². The highest BCUT2D eigenvalue weighted by molar-refractivity contribution is 9.10. The Labute approximate surface area is 78.4 Å². The second-order valence-electron chi connectivity index (χ2n) is 2.14. The topological polar surface area (TPSA) is 57.2 Å². The Morgan fingerprint density at radius 2 is 2.50 bits per heavy atom. The van der Waals surface area contributed by atoms with Crippen molar-refractivity contribution < 1.29 is 9.53 Å². The van der Waals surface area contributed by atoms with E-state index in [1.807, 2.05) is 0 Å². The molecule has 1 aromatic rings. The number of nitrogens with two attached hydrogens (primary N) is 1. The van der Waals surface area contributed by atoms with Gasteiger partial charge in [-0.3, -0.25) is 4.68 Å². The molecule has 0 radical (unpaired) electrons. The van der Waals surface area contributed by atoms with Crippen molar-refractivity contribution in [3.63, 3.8) is 0 Å². The zero-order valence-corrected chi connectivity index (χ0v) is 8.17. The number of ether oxygens (including phenoxy) is 1. The lowest BCUT2D eigenvalue weighted by atomic mass is 10.4. The first kappa shape index (κ1) is 9.12. The molecule has 1 heterocycles. The molecule has 0 aliphatic heterocycles. The summed E-state index contributed by atoms with van der Waals surface area (Å²) in [5.74, 6) is 5.04. The zero-order chi connectivity index (χ0) is 9.14. The summed E-state index contributed by atoms with van der Waals surface area (Å²) >= 11 is 3.19. The van der Waals surface area contributed by atoms with E-state index in [1.165, 1.54) is 4.68 Å². The minimum Gasteiger partial charge on any atom is -0.461 e. The quantitative estimate of drug-likeness (QED) is 0.615. The van der Waals surface area contributed by atoms with Gasteiger partial charge in [0.25, 0.3) is 0 Å². The third kappa shape index (κ3) is 1.61. The lowest BCUT2D eigenvalue weighted by Gasteiger charge is -2.02. The molecule has 2 N–H and O–H groups in total. The van der Waals surface area contributed by atoms with Crippen molar-refractivity contribution >= 4 is 21.9 Å². The Hall–Kier alpha value is -0.970. The molecule has 0 spiro atoms. The average Bonchev–Trinajstić information content (AvgIpc) is 2.32. The van der Waals surface area contributed by atoms with Gasteiger partial charge in [-0.2, -0.15) is 0 Å². The highest BCUT2D eigenvalue weighted by Crippen LogP contribution is 2.16. The van der Waals surface area contributed by atoms with Crippen LogP contribution in [0.5, 0.6) is 0 Å². The number of rotatable bonds is 2. The maximum absolute atomic E-state index is 11.2. The van der Waals surface area contributed by atoms with E-state index in [9.17, 15) is 4.79 Å². The summed E-state index contributed by atoms with van der Waals surface area (Å²) in [4.78, 5) is 11.2. The second-order valence-corrected chi connectivity index (χ2v) is 2.99. The minimum atomic E-state index is -0.420. The molecule has 0 atom stereocenters. The summed E-state index contributed by atoms with van der Waals surface area (Å²) in [6, 6.07) is 1.69. The Morgan fingerprint density at radius 3 is 2.92 bits per heavy atom. The molecular weight excluding hydrogens is 224 g/mol. The van der Waals surface area contributed by atoms with Crippen molar-refractivity contribution in [3.8, 4) is 0 Å². The van der Waals surface area contributed by atoms with Crippen LogP contribution < -0.4 is 5.84 Å². The third-order valence-electron chi connectivity index (χ3n) is 1.33. The fraction of sp³-hybridized carbons (Fsp3) is 0.286. The van der Waals surface area contributed by atoms with E-state index in [1.54, 1.807) is 19.2 Å². The van der Waals surface area contributed by atoms with E-state index < -0.39 is 5.97 Å². The molecule has 4 nitrogen and oxygen atoms in total. The first-order valence-electron chi connectivity index (χ1n) is 3.46. The minimum absolute atomic E-state index is 0.330. The predicted molar refractivity (Wildman–Crippen MR) is 48.2 cm³/mol. The molecule has 0 saturated carbocycles. The van der Waals surface area contributed by atoms with Crippen LogP contribution in [-0.2, 0) is 4.74 Å². The summed E-state index contributed by atoms with van der Waals surface area (Å²) in [6.07, 6.45) is 1.58. The summed E-state index contributed by atoms with van der Waals surface area (Å²) < 4.78 is 6.64. The van der Waals surface area contributed by atoms with Crippen LogP contribution >= 0.6 is 15.9 Å². The van der Waals surface area contributed by atoms with Crippen LogP contribution in [0.15, 0.2) is 16.7 Å². The van der Waals surface area contributed by atoms with Crippen molar-refractivity contribution in [2.75, 3.05) is 12.4 Å². The van der Waals surface area contributed by atoms with Crippen LogP contribution in [0.25, 0.3) is 0 Å². The number of halogens is 1. The Morgan fingerprint density at radius 1 is 1.83 bits per heavy atom. The van der Waals surface area contributed by atoms with Gasteiger partial charge >= 0.3 is 5.97 Å². The van der Waals surface area contributed by atoms with E-state index >= 15 is 0 Å². The normalized spacial score (nSPS) is 9.83. The molecule has 0 aliphatic carbocycles. The van der Waals surface area contributed by atoms with Gasteiger partial charge in [0.15, 0.2) is 5.69 Å². The van der Waals surface area contributed by atoms with Crippen molar-refractivity contribution in [1.82, 2.24) is 4.68 Å². The number of esters is 1. The van der Waals surface area contributed by atoms with Crippen molar-refractivity contribution in [2.45, 2.75) is 6.92 Å². The van der Waals surface area contributed by atoms with Gasteiger partial charge in [-0.25, -0.2) is 4.79 Å². The molecule has 0 unspecified atom stereocenters. The number of carbonyl (C=O) groups excluding carboxylic acids is 1. The van der Waals surface area contributed by atoms with Gasteiger partial charge in [0.1, 0.15) is 0 Å². The fourth-order valence-electron chi connectivity index (χ4n) is 0.825. The van der Waals surface area contributed by atoms with Crippen LogP contribution in [0.3, 0.4) is 0 Å². The van der Waals surface area contributed by atoms with Crippen molar-refractivity contribution in [3.05, 3.63) is 22.4 Å². The van der Waals surface area contributed by atoms with E-state index in [0.29, 0.717) is 16.8 Å². The number of nitrogens with zero attached hydrogens (tertiary/aromatic N) is 1. The van der Waals surface area contributed by atoms with E-state index in [0.717, 1.165) is 0 Å². The third-order valence-corrected chi connectivity index (χ3v) is 1.97. The number of hydrogen-bond donors (Lipinski definition) is 1. The van der Waals surface area contributed by atoms with Crippen LogP contribution in [0, 0.1) is 0 Å². The first-order valence-corrected chi connectivity index (χ1v) is 4.25. The molecular formula is C7H9BrN2O2. The highest BCUT2D eigenvalue weighted by Gasteiger charge is 2.14. The Bertz CT molecular complexity index is 276. The van der Waals surface area contributed by atoms with Gasteiger partial charge in [-0.1, -0.05) is 0 Å². The molecule has 0 fully saturated rings. The first-order chi connectivity index (χ1) is 5.66. The fourth-order valence-corrected chi connectivity index (χ4v) is 1.31. The lowest BCUT2D eigenvalue weighted by molar-refractivity contribution is 0.0515. The lowest BCUT2D eigenvalue weighted by Crippen LogP contribution is -2.17. The van der Waals surface area contributed by atoms with Gasteiger partial charge in [0.05, 0.1) is 11.1 Å². The van der Waals surface area contributed by atoms with Gasteiger partial charge in [-0.15, -0.1) is 0 Å². The van der Waals surface area contributed by atoms with Crippen LogP contribution in [-0.4, -0.2) is 17.3 Å². The van der Waals surface area contributed by atoms with E-state index in [4.69, 9.17) is 10.6 Å². The summed E-state index contributed by atoms with van der Waals surface area (Å²) in [5, 5.41) is 0. The number of hydrogen-bond acceptors (Lipinski definition) is 3. The van der Waals surface area contributed by atoms with E-state index in [-0.39, 0.29) is 0 Å². The molecule has 12 heavy (non-hydrogen) atoms. The van der Waals surface area contributed by atoms with Crippen LogP contribution in [0.4, 0.5) is 0 Å². The zero-order valence-electron chi connectivity index (χ0n) is 6.58. The predicted octanol–water partition coefficient (Wildman–Crippen LogP) is 1.14.